The fourth-order valence-electron chi connectivity index (χ4n) is 3.40. The zero-order valence-electron chi connectivity index (χ0n) is 15.6. The predicted molar refractivity (Wildman–Crippen MR) is 99.4 cm³/mol. The third-order valence-electron chi connectivity index (χ3n) is 4.58. The number of carbonyl (C=O) groups is 1. The molecule has 0 bridgehead atoms. The molecule has 27 heavy (non-hydrogen) atoms. The summed E-state index contributed by atoms with van der Waals surface area (Å²) in [5.74, 6) is -1.42. The van der Waals surface area contributed by atoms with Gasteiger partial charge in [0, 0.05) is 29.6 Å². The van der Waals surface area contributed by atoms with E-state index in [2.05, 4.69) is 21.9 Å². The predicted octanol–water partition coefficient (Wildman–Crippen LogP) is 0.157. The Morgan fingerprint density at radius 2 is 1.78 bits per heavy atom. The summed E-state index contributed by atoms with van der Waals surface area (Å²) in [4.78, 5) is 11.3. The number of rotatable bonds is 7. The van der Waals surface area contributed by atoms with Gasteiger partial charge < -0.3 is 19.7 Å². The summed E-state index contributed by atoms with van der Waals surface area (Å²) in [5.41, 5.74) is 3.65. The molecule has 5 nitrogen and oxygen atoms in total. The number of hydrogen-bond donors (Lipinski definition) is 1. The number of carboxylic acid groups (broad SMARTS) is 1. The minimum atomic E-state index is -1.11. The van der Waals surface area contributed by atoms with Crippen molar-refractivity contribution in [2.24, 2.45) is 5.16 Å². The minimum absolute atomic E-state index is 0. The quantitative estimate of drug-likeness (QED) is 0.278. The number of oxime groups is 1. The second-order valence-electron chi connectivity index (χ2n) is 6.53. The van der Waals surface area contributed by atoms with Crippen LogP contribution in [0.4, 0.5) is 0 Å². The number of carbonyl (C=O) groups excluding carboxylic acids is 1. The van der Waals surface area contributed by atoms with Gasteiger partial charge in [0.05, 0.1) is 5.71 Å². The molecule has 134 valence electrons. The molecule has 0 radical (unpaired) electrons. The smallest absolute Gasteiger partial charge is 0.550 e. The largest absolute Gasteiger partial charge is 1.00 e. The first-order valence-corrected chi connectivity index (χ1v) is 8.57. The third kappa shape index (κ3) is 5.22. The fraction of sp³-hybridized carbons (Fsp3) is 0.238. The maximum absolute atomic E-state index is 11.3. The van der Waals surface area contributed by atoms with Crippen molar-refractivity contribution in [2.45, 2.75) is 32.2 Å². The van der Waals surface area contributed by atoms with Crippen molar-refractivity contribution in [1.29, 1.82) is 0 Å². The van der Waals surface area contributed by atoms with Gasteiger partial charge in [-0.15, -0.1) is 0 Å². The van der Waals surface area contributed by atoms with E-state index in [4.69, 9.17) is 5.21 Å². The molecule has 3 aromatic rings. The van der Waals surface area contributed by atoms with Crippen LogP contribution in [0.1, 0.15) is 36.8 Å². The number of aromatic nitrogens is 1. The standard InChI is InChI=1S/C21H22N2O3.Na/c1-15(22-26)11-17(12-21(24)25)19-14-23(13-16-7-3-2-4-8-16)20-10-6-5-9-18(19)20;/h2-10,14,17,26H,11-13H2,1H3,(H,24,25);/q;+1/p-1/b22-15+;. The Hall–Kier alpha value is -2.08. The number of benzene rings is 2. The van der Waals surface area contributed by atoms with Crippen LogP contribution < -0.4 is 34.7 Å². The van der Waals surface area contributed by atoms with Crippen LogP contribution >= 0.6 is 0 Å². The molecule has 6 heteroatoms. The van der Waals surface area contributed by atoms with Gasteiger partial charge in [-0.25, -0.2) is 0 Å². The Morgan fingerprint density at radius 1 is 1.11 bits per heavy atom. The van der Waals surface area contributed by atoms with E-state index in [-0.39, 0.29) is 41.9 Å². The van der Waals surface area contributed by atoms with Crippen LogP contribution in [0.5, 0.6) is 0 Å². The van der Waals surface area contributed by atoms with E-state index in [0.717, 1.165) is 16.5 Å². The van der Waals surface area contributed by atoms with E-state index < -0.39 is 5.97 Å². The first-order chi connectivity index (χ1) is 12.6. The number of aliphatic carboxylic acids is 1. The molecule has 0 aliphatic carbocycles. The van der Waals surface area contributed by atoms with Gasteiger partial charge in [0.2, 0.25) is 0 Å². The van der Waals surface area contributed by atoms with E-state index in [0.29, 0.717) is 18.7 Å². The van der Waals surface area contributed by atoms with Crippen LogP contribution in [0.15, 0.2) is 65.9 Å². The second kappa shape index (κ2) is 9.74. The molecule has 0 aliphatic heterocycles. The Labute approximate surface area is 180 Å². The maximum Gasteiger partial charge on any atom is 1.00 e. The summed E-state index contributed by atoms with van der Waals surface area (Å²) < 4.78 is 2.13. The maximum atomic E-state index is 11.3. The molecule has 0 fully saturated rings. The molecule has 0 amide bonds. The second-order valence-corrected chi connectivity index (χ2v) is 6.53. The summed E-state index contributed by atoms with van der Waals surface area (Å²) >= 11 is 0. The summed E-state index contributed by atoms with van der Waals surface area (Å²) in [6.45, 7) is 2.39. The molecule has 0 saturated carbocycles. The average molecular weight is 372 g/mol. The van der Waals surface area contributed by atoms with Gasteiger partial charge in [-0.1, -0.05) is 53.7 Å². The summed E-state index contributed by atoms with van der Waals surface area (Å²) in [6, 6.07) is 18.1. The van der Waals surface area contributed by atoms with Crippen LogP contribution in [-0.4, -0.2) is 21.5 Å². The summed E-state index contributed by atoms with van der Waals surface area (Å²) in [6.07, 6.45) is 2.26. The number of carboxylic acids is 1. The van der Waals surface area contributed by atoms with E-state index >= 15 is 0 Å². The van der Waals surface area contributed by atoms with E-state index in [1.165, 1.54) is 5.56 Å². The molecule has 0 saturated heterocycles. The molecule has 3 rings (SSSR count). The zero-order valence-corrected chi connectivity index (χ0v) is 17.6. The number of hydrogen-bond acceptors (Lipinski definition) is 4. The molecule has 0 spiro atoms. The molecule has 1 atom stereocenters. The number of nitrogens with zero attached hydrogens (tertiary/aromatic N) is 2. The molecular formula is C21H21N2NaO3. The van der Waals surface area contributed by atoms with Gasteiger partial charge in [0.1, 0.15) is 0 Å². The van der Waals surface area contributed by atoms with Crippen LogP contribution in [0.25, 0.3) is 10.9 Å². The van der Waals surface area contributed by atoms with Gasteiger partial charge in [0.15, 0.2) is 0 Å². The van der Waals surface area contributed by atoms with E-state index in [9.17, 15) is 9.90 Å². The number of para-hydroxylation sites is 1. The Bertz CT molecular complexity index is 935. The van der Waals surface area contributed by atoms with Gasteiger partial charge in [-0.05, 0) is 42.9 Å². The summed E-state index contributed by atoms with van der Waals surface area (Å²) in [5, 5.41) is 24.5. The molecule has 1 unspecified atom stereocenters. The van der Waals surface area contributed by atoms with Gasteiger partial charge in [0.25, 0.3) is 0 Å². The van der Waals surface area contributed by atoms with E-state index in [1.54, 1.807) is 6.92 Å². The van der Waals surface area contributed by atoms with Crippen molar-refractivity contribution in [1.82, 2.24) is 4.57 Å². The SMILES string of the molecule is C/C(CC(CC(=O)[O-])c1cn(Cc2ccccc2)c2ccccc12)=N\O.[Na+]. The van der Waals surface area contributed by atoms with Gasteiger partial charge in [-0.2, -0.15) is 0 Å². The molecule has 1 aromatic heterocycles. The Balaban J connectivity index is 0.00000261. The van der Waals surface area contributed by atoms with Crippen LogP contribution in [0.2, 0.25) is 0 Å². The third-order valence-corrected chi connectivity index (χ3v) is 4.58. The Kier molecular flexibility index (Phi) is 7.66. The first-order valence-electron chi connectivity index (χ1n) is 8.57. The van der Waals surface area contributed by atoms with Gasteiger partial charge >= 0.3 is 29.6 Å². The average Bonchev–Trinajstić information content (AvgIpc) is 3.00. The minimum Gasteiger partial charge on any atom is -0.550 e. The zero-order chi connectivity index (χ0) is 18.5. The topological polar surface area (TPSA) is 77.6 Å². The number of fused-ring (bicyclic) bond motifs is 1. The Morgan fingerprint density at radius 3 is 2.44 bits per heavy atom. The van der Waals surface area contributed by atoms with Crippen molar-refractivity contribution >= 4 is 22.6 Å². The normalized spacial score (nSPS) is 12.6. The van der Waals surface area contributed by atoms with Crippen molar-refractivity contribution in [3.8, 4) is 0 Å². The molecule has 1 N–H and O–H groups in total. The van der Waals surface area contributed by atoms with Crippen LogP contribution in [0.3, 0.4) is 0 Å². The van der Waals surface area contributed by atoms with Crippen LogP contribution in [-0.2, 0) is 11.3 Å². The van der Waals surface area contributed by atoms with Crippen LogP contribution in [0, 0.1) is 0 Å². The van der Waals surface area contributed by atoms with Crippen molar-refractivity contribution in [3.63, 3.8) is 0 Å². The first kappa shape index (κ1) is 21.2. The molecule has 0 aliphatic rings. The fourth-order valence-corrected chi connectivity index (χ4v) is 3.40. The molecule has 1 heterocycles. The molecular weight excluding hydrogens is 351 g/mol. The molecule has 2 aromatic carbocycles. The monoisotopic (exact) mass is 372 g/mol. The van der Waals surface area contributed by atoms with Gasteiger partial charge in [-0.3, -0.25) is 0 Å². The summed E-state index contributed by atoms with van der Waals surface area (Å²) in [7, 11) is 0. The van der Waals surface area contributed by atoms with E-state index in [1.807, 2.05) is 48.7 Å². The van der Waals surface area contributed by atoms with Crippen molar-refractivity contribution in [3.05, 3.63) is 71.9 Å². The van der Waals surface area contributed by atoms with Crippen molar-refractivity contribution in [2.75, 3.05) is 0 Å². The van der Waals surface area contributed by atoms with Crippen molar-refractivity contribution < 1.29 is 44.7 Å².